The fraction of sp³-hybridized carbons (Fsp3) is 0.0714. The molecule has 0 spiro atoms. The molecule has 1 N–H and O–H groups in total. The van der Waals surface area contributed by atoms with Crippen LogP contribution in [0.2, 0.25) is 0 Å². The molecule has 0 heterocycles. The number of methoxy groups -OCH3 is 1. The zero-order chi connectivity index (χ0) is 13.1. The first-order chi connectivity index (χ1) is 8.60. The van der Waals surface area contributed by atoms with E-state index in [1.54, 1.807) is 19.2 Å². The third-order valence-electron chi connectivity index (χ3n) is 2.55. The van der Waals surface area contributed by atoms with E-state index in [-0.39, 0.29) is 5.56 Å². The van der Waals surface area contributed by atoms with Crippen LogP contribution in [-0.2, 0) is 0 Å². The second kappa shape index (κ2) is 5.23. The van der Waals surface area contributed by atoms with Crippen molar-refractivity contribution in [3.8, 4) is 16.9 Å². The average molecular weight is 307 g/mol. The second-order valence-electron chi connectivity index (χ2n) is 3.77. The van der Waals surface area contributed by atoms with Gasteiger partial charge in [0.1, 0.15) is 5.75 Å². The van der Waals surface area contributed by atoms with Gasteiger partial charge in [-0.1, -0.05) is 28.1 Å². The molecule has 0 amide bonds. The number of hydrogen-bond donors (Lipinski definition) is 1. The Balaban J connectivity index is 2.52. The Morgan fingerprint density at radius 3 is 2.61 bits per heavy atom. The van der Waals surface area contributed by atoms with E-state index in [2.05, 4.69) is 15.9 Å². The van der Waals surface area contributed by atoms with Crippen LogP contribution in [0.25, 0.3) is 11.1 Å². The van der Waals surface area contributed by atoms with Crippen molar-refractivity contribution in [1.82, 2.24) is 0 Å². The summed E-state index contributed by atoms with van der Waals surface area (Å²) in [5.41, 5.74) is 2.00. The number of halogens is 1. The van der Waals surface area contributed by atoms with Crippen molar-refractivity contribution in [2.24, 2.45) is 0 Å². The summed E-state index contributed by atoms with van der Waals surface area (Å²) < 4.78 is 5.89. The summed E-state index contributed by atoms with van der Waals surface area (Å²) >= 11 is 3.32. The molecule has 2 aromatic carbocycles. The van der Waals surface area contributed by atoms with Gasteiger partial charge in [0.2, 0.25) is 0 Å². The molecule has 92 valence electrons. The van der Waals surface area contributed by atoms with Crippen molar-refractivity contribution in [3.63, 3.8) is 0 Å². The summed E-state index contributed by atoms with van der Waals surface area (Å²) in [4.78, 5) is 11.0. The third kappa shape index (κ3) is 2.71. The minimum atomic E-state index is -0.944. The molecular formula is C14H11BrO3. The highest BCUT2D eigenvalue weighted by molar-refractivity contribution is 9.10. The molecule has 0 unspecified atom stereocenters. The number of carboxylic acid groups (broad SMARTS) is 1. The smallest absolute Gasteiger partial charge is 0.335 e. The minimum Gasteiger partial charge on any atom is -0.497 e. The van der Waals surface area contributed by atoms with Gasteiger partial charge in [0.25, 0.3) is 0 Å². The first-order valence-electron chi connectivity index (χ1n) is 5.28. The van der Waals surface area contributed by atoms with Gasteiger partial charge in [-0.25, -0.2) is 4.79 Å². The van der Waals surface area contributed by atoms with Crippen LogP contribution in [0.1, 0.15) is 10.4 Å². The van der Waals surface area contributed by atoms with Crippen LogP contribution in [0.15, 0.2) is 46.9 Å². The third-order valence-corrected chi connectivity index (χ3v) is 3.01. The maximum Gasteiger partial charge on any atom is 0.335 e. The van der Waals surface area contributed by atoms with Gasteiger partial charge in [0.15, 0.2) is 0 Å². The number of carboxylic acids is 1. The van der Waals surface area contributed by atoms with E-state index in [9.17, 15) is 4.79 Å². The van der Waals surface area contributed by atoms with Crippen molar-refractivity contribution >= 4 is 21.9 Å². The van der Waals surface area contributed by atoms with Gasteiger partial charge in [-0.2, -0.15) is 0 Å². The fourth-order valence-corrected chi connectivity index (χ4v) is 2.18. The normalized spacial score (nSPS) is 10.1. The molecule has 0 aliphatic heterocycles. The molecule has 18 heavy (non-hydrogen) atoms. The lowest BCUT2D eigenvalue weighted by atomic mass is 10.0. The Morgan fingerprint density at radius 1 is 1.17 bits per heavy atom. The molecule has 0 saturated carbocycles. The number of carbonyl (C=O) groups is 1. The Kier molecular flexibility index (Phi) is 3.67. The second-order valence-corrected chi connectivity index (χ2v) is 4.68. The maximum absolute atomic E-state index is 11.0. The first-order valence-corrected chi connectivity index (χ1v) is 6.08. The van der Waals surface area contributed by atoms with Gasteiger partial charge in [-0.3, -0.25) is 0 Å². The lowest BCUT2D eigenvalue weighted by Crippen LogP contribution is -1.96. The molecule has 0 fully saturated rings. The molecule has 0 radical (unpaired) electrons. The largest absolute Gasteiger partial charge is 0.497 e. The summed E-state index contributed by atoms with van der Waals surface area (Å²) in [6.07, 6.45) is 0. The summed E-state index contributed by atoms with van der Waals surface area (Å²) in [5, 5.41) is 9.04. The van der Waals surface area contributed by atoms with Gasteiger partial charge in [-0.15, -0.1) is 0 Å². The summed E-state index contributed by atoms with van der Waals surface area (Å²) in [6, 6.07) is 12.6. The summed E-state index contributed by atoms with van der Waals surface area (Å²) in [6.45, 7) is 0. The van der Waals surface area contributed by atoms with E-state index in [1.807, 2.05) is 30.3 Å². The fourth-order valence-electron chi connectivity index (χ4n) is 1.68. The predicted octanol–water partition coefficient (Wildman–Crippen LogP) is 3.82. The van der Waals surface area contributed by atoms with Crippen molar-refractivity contribution in [2.75, 3.05) is 7.11 Å². The SMILES string of the molecule is COc1cccc(-c2cc(Br)cc(C(=O)O)c2)c1. The van der Waals surface area contributed by atoms with E-state index in [1.165, 1.54) is 0 Å². The van der Waals surface area contributed by atoms with Crippen molar-refractivity contribution in [1.29, 1.82) is 0 Å². The van der Waals surface area contributed by atoms with Crippen LogP contribution < -0.4 is 4.74 Å². The predicted molar refractivity (Wildman–Crippen MR) is 73.1 cm³/mol. The number of benzene rings is 2. The molecule has 0 aliphatic carbocycles. The van der Waals surface area contributed by atoms with Gasteiger partial charge in [0, 0.05) is 4.47 Å². The number of hydrogen-bond acceptors (Lipinski definition) is 2. The van der Waals surface area contributed by atoms with Crippen molar-refractivity contribution in [3.05, 3.63) is 52.5 Å². The molecular weight excluding hydrogens is 296 g/mol. The van der Waals surface area contributed by atoms with Crippen molar-refractivity contribution < 1.29 is 14.6 Å². The van der Waals surface area contributed by atoms with Crippen LogP contribution in [-0.4, -0.2) is 18.2 Å². The standard InChI is InChI=1S/C14H11BrO3/c1-18-13-4-2-3-9(8-13)10-5-11(14(16)17)7-12(15)6-10/h2-8H,1H3,(H,16,17). The Morgan fingerprint density at radius 2 is 1.94 bits per heavy atom. The van der Waals surface area contributed by atoms with E-state index in [4.69, 9.17) is 9.84 Å². The highest BCUT2D eigenvalue weighted by atomic mass is 79.9. The monoisotopic (exact) mass is 306 g/mol. The molecule has 0 atom stereocenters. The number of ether oxygens (including phenoxy) is 1. The quantitative estimate of drug-likeness (QED) is 0.937. The topological polar surface area (TPSA) is 46.5 Å². The Bertz CT molecular complexity index is 593. The van der Waals surface area contributed by atoms with Gasteiger partial charge < -0.3 is 9.84 Å². The Hall–Kier alpha value is -1.81. The van der Waals surface area contributed by atoms with E-state index >= 15 is 0 Å². The summed E-state index contributed by atoms with van der Waals surface area (Å²) in [5.74, 6) is -0.204. The molecule has 4 heteroatoms. The highest BCUT2D eigenvalue weighted by Crippen LogP contribution is 2.27. The maximum atomic E-state index is 11.0. The molecule has 2 aromatic rings. The van der Waals surface area contributed by atoms with Gasteiger partial charge in [-0.05, 0) is 41.5 Å². The van der Waals surface area contributed by atoms with Crippen LogP contribution >= 0.6 is 15.9 Å². The molecule has 2 rings (SSSR count). The van der Waals surface area contributed by atoms with Crippen LogP contribution in [0.5, 0.6) is 5.75 Å². The zero-order valence-corrected chi connectivity index (χ0v) is 11.3. The Labute approximate surface area is 113 Å². The van der Waals surface area contributed by atoms with E-state index in [0.717, 1.165) is 21.3 Å². The van der Waals surface area contributed by atoms with Crippen LogP contribution in [0.3, 0.4) is 0 Å². The van der Waals surface area contributed by atoms with E-state index in [0.29, 0.717) is 0 Å². The summed E-state index contributed by atoms with van der Waals surface area (Å²) in [7, 11) is 1.60. The number of aromatic carboxylic acids is 1. The first kappa shape index (κ1) is 12.6. The number of rotatable bonds is 3. The lowest BCUT2D eigenvalue weighted by Gasteiger charge is -2.06. The van der Waals surface area contributed by atoms with Gasteiger partial charge in [0.05, 0.1) is 12.7 Å². The van der Waals surface area contributed by atoms with Crippen molar-refractivity contribution in [2.45, 2.75) is 0 Å². The lowest BCUT2D eigenvalue weighted by molar-refractivity contribution is 0.0697. The zero-order valence-electron chi connectivity index (χ0n) is 9.68. The molecule has 0 bridgehead atoms. The van der Waals surface area contributed by atoms with E-state index < -0.39 is 5.97 Å². The highest BCUT2D eigenvalue weighted by Gasteiger charge is 2.08. The molecule has 0 aliphatic rings. The molecule has 0 saturated heterocycles. The molecule has 0 aromatic heterocycles. The van der Waals surface area contributed by atoms with Gasteiger partial charge >= 0.3 is 5.97 Å². The molecule has 3 nitrogen and oxygen atoms in total. The van der Waals surface area contributed by atoms with Crippen LogP contribution in [0, 0.1) is 0 Å². The minimum absolute atomic E-state index is 0.252. The average Bonchev–Trinajstić information content (AvgIpc) is 2.38. The van der Waals surface area contributed by atoms with Crippen LogP contribution in [0.4, 0.5) is 0 Å².